The van der Waals surface area contributed by atoms with Gasteiger partial charge in [0.1, 0.15) is 0 Å². The molecule has 4 aromatic rings. The van der Waals surface area contributed by atoms with Crippen LogP contribution in [0.5, 0.6) is 0 Å². The van der Waals surface area contributed by atoms with E-state index in [1.54, 1.807) is 11.3 Å². The van der Waals surface area contributed by atoms with Crippen molar-refractivity contribution in [3.63, 3.8) is 0 Å². The van der Waals surface area contributed by atoms with Crippen LogP contribution in [0.4, 0.5) is 0 Å². The van der Waals surface area contributed by atoms with Crippen molar-refractivity contribution in [2.24, 2.45) is 0 Å². The first-order valence-corrected chi connectivity index (χ1v) is 9.04. The van der Waals surface area contributed by atoms with Crippen LogP contribution in [-0.4, -0.2) is 10.9 Å². The number of aliphatic hydroxyl groups is 1. The van der Waals surface area contributed by atoms with E-state index in [2.05, 4.69) is 72.8 Å². The van der Waals surface area contributed by atoms with Gasteiger partial charge in [-0.25, -0.2) is 5.56 Å². The summed E-state index contributed by atoms with van der Waals surface area (Å²) in [7, 11) is 0. The topological polar surface area (TPSA) is 37.3 Å². The van der Waals surface area contributed by atoms with Crippen molar-refractivity contribution in [2.45, 2.75) is 13.8 Å². The van der Waals surface area contributed by atoms with Crippen LogP contribution in [0.3, 0.4) is 0 Å². The van der Waals surface area contributed by atoms with Crippen molar-refractivity contribution >= 4 is 38.0 Å². The fourth-order valence-corrected chi connectivity index (χ4v) is 3.58. The average Bonchev–Trinajstić information content (AvgIpc) is 3.05. The maximum absolute atomic E-state index is 10.0. The first-order valence-electron chi connectivity index (χ1n) is 8.22. The van der Waals surface area contributed by atoms with Crippen molar-refractivity contribution in [1.82, 2.24) is 0 Å². The molecule has 0 bridgehead atoms. The van der Waals surface area contributed by atoms with Gasteiger partial charge in [0.05, 0.1) is 5.76 Å². The summed E-state index contributed by atoms with van der Waals surface area (Å²) in [6, 6.07) is 27.8. The quantitative estimate of drug-likeness (QED) is 0.179. The molecule has 1 aromatic heterocycles. The Labute approximate surface area is 176 Å². The molecule has 0 atom stereocenters. The largest absolute Gasteiger partial charge is 0.512 e. The Hall–Kier alpha value is -2.26. The van der Waals surface area contributed by atoms with Crippen LogP contribution in [0.1, 0.15) is 13.8 Å². The van der Waals surface area contributed by atoms with Crippen molar-refractivity contribution in [2.75, 3.05) is 0 Å². The Bertz CT molecular complexity index is 1060. The van der Waals surface area contributed by atoms with E-state index in [0.717, 1.165) is 10.4 Å². The van der Waals surface area contributed by atoms with Gasteiger partial charge in [0.25, 0.3) is 0 Å². The number of carbonyl (C=O) groups excluding carboxylic acids is 1. The predicted molar refractivity (Wildman–Crippen MR) is 110 cm³/mol. The van der Waals surface area contributed by atoms with Gasteiger partial charge in [0.15, 0.2) is 5.78 Å². The SMILES string of the molecule is CC(=O)/C=C(/C)O.[Ir].[c-]1cc2ccccc2cc1-c1[c-]c2ccccc2s1. The number of rotatable bonds is 2. The molecule has 0 fully saturated rings. The number of aliphatic hydroxyl groups excluding tert-OH is 1. The molecule has 1 heterocycles. The summed E-state index contributed by atoms with van der Waals surface area (Å²) in [6.45, 7) is 2.85. The molecule has 27 heavy (non-hydrogen) atoms. The molecule has 0 aliphatic rings. The standard InChI is InChI=1S/C18H10S.C5H8O2.Ir/c1-2-6-14-11-16(10-9-13(14)5-1)18-12-15-7-3-4-8-17(15)19-18;1-4(6)3-5(2)7;/h1-9,11H;3,6H,1-2H3;/q-2;;/b;4-3-;. The fourth-order valence-electron chi connectivity index (χ4n) is 2.59. The van der Waals surface area contributed by atoms with Gasteiger partial charge in [-0.05, 0) is 13.8 Å². The van der Waals surface area contributed by atoms with Crippen molar-refractivity contribution in [3.05, 3.63) is 84.6 Å². The first kappa shape index (κ1) is 21.0. The molecule has 1 radical (unpaired) electrons. The summed E-state index contributed by atoms with van der Waals surface area (Å²) >= 11 is 1.77. The second kappa shape index (κ2) is 9.61. The number of ketones is 1. The number of benzene rings is 3. The smallest absolute Gasteiger partial charge is 0.155 e. The zero-order valence-electron chi connectivity index (χ0n) is 14.9. The molecule has 0 saturated heterocycles. The third-order valence-corrected chi connectivity index (χ3v) is 4.79. The van der Waals surface area contributed by atoms with Crippen LogP contribution in [-0.2, 0) is 24.9 Å². The summed E-state index contributed by atoms with van der Waals surface area (Å²) in [5.74, 6) is -0.0625. The maximum Gasteiger partial charge on any atom is 0.155 e. The summed E-state index contributed by atoms with van der Waals surface area (Å²) in [6.07, 6.45) is 1.17. The van der Waals surface area contributed by atoms with Gasteiger partial charge >= 0.3 is 0 Å². The van der Waals surface area contributed by atoms with Crippen LogP contribution >= 0.6 is 11.3 Å². The first-order chi connectivity index (χ1) is 12.5. The normalized spacial score (nSPS) is 10.8. The number of carbonyl (C=O) groups is 1. The van der Waals surface area contributed by atoms with Crippen LogP contribution in [0, 0.1) is 12.1 Å². The third-order valence-electron chi connectivity index (χ3n) is 3.68. The number of hydrogen-bond acceptors (Lipinski definition) is 3. The van der Waals surface area contributed by atoms with Crippen molar-refractivity contribution < 1.29 is 30.0 Å². The van der Waals surface area contributed by atoms with Crippen molar-refractivity contribution in [3.8, 4) is 10.4 Å². The van der Waals surface area contributed by atoms with E-state index >= 15 is 0 Å². The molecule has 2 nitrogen and oxygen atoms in total. The Balaban J connectivity index is 0.000000285. The molecule has 1 N–H and O–H groups in total. The molecule has 0 amide bonds. The van der Waals surface area contributed by atoms with Crippen LogP contribution < -0.4 is 0 Å². The third kappa shape index (κ3) is 5.61. The second-order valence-corrected chi connectivity index (χ2v) is 6.98. The second-order valence-electron chi connectivity index (χ2n) is 5.92. The minimum atomic E-state index is -0.125. The van der Waals surface area contributed by atoms with Gasteiger partial charge in [-0.2, -0.15) is 18.2 Å². The van der Waals surface area contributed by atoms with E-state index in [4.69, 9.17) is 5.11 Å². The zero-order valence-corrected chi connectivity index (χ0v) is 18.2. The molecule has 139 valence electrons. The minimum Gasteiger partial charge on any atom is -0.512 e. The maximum atomic E-state index is 10.0. The summed E-state index contributed by atoms with van der Waals surface area (Å²) in [4.78, 5) is 11.2. The summed E-state index contributed by atoms with van der Waals surface area (Å²) in [5.41, 5.74) is 1.12. The molecule has 4 rings (SSSR count). The van der Waals surface area contributed by atoms with E-state index in [1.165, 1.54) is 40.8 Å². The van der Waals surface area contributed by atoms with E-state index in [9.17, 15) is 4.79 Å². The summed E-state index contributed by atoms with van der Waals surface area (Å²) in [5, 5.41) is 12.0. The zero-order chi connectivity index (χ0) is 18.5. The van der Waals surface area contributed by atoms with E-state index in [-0.39, 0.29) is 31.6 Å². The van der Waals surface area contributed by atoms with Gasteiger partial charge in [-0.15, -0.1) is 39.2 Å². The van der Waals surface area contributed by atoms with Crippen molar-refractivity contribution in [1.29, 1.82) is 0 Å². The minimum absolute atomic E-state index is 0. The molecule has 3 aromatic carbocycles. The number of allylic oxidation sites excluding steroid dienone is 2. The molecule has 0 unspecified atom stereocenters. The molecular formula is C23H18IrO2S-2. The van der Waals surface area contributed by atoms with Gasteiger partial charge in [0.2, 0.25) is 0 Å². The number of hydrogen-bond donors (Lipinski definition) is 1. The Morgan fingerprint density at radius 1 is 1.04 bits per heavy atom. The molecule has 0 aliphatic carbocycles. The molecule has 4 heteroatoms. The van der Waals surface area contributed by atoms with Crippen LogP contribution in [0.2, 0.25) is 0 Å². The summed E-state index contributed by atoms with van der Waals surface area (Å²) < 4.78 is 1.28. The number of fused-ring (bicyclic) bond motifs is 2. The molecular weight excluding hydrogens is 533 g/mol. The van der Waals surface area contributed by atoms with Gasteiger partial charge in [-0.1, -0.05) is 41.1 Å². The van der Waals surface area contributed by atoms with Crippen LogP contribution in [0.25, 0.3) is 31.3 Å². The molecule has 0 aliphatic heterocycles. The molecule has 0 spiro atoms. The van der Waals surface area contributed by atoms with Crippen LogP contribution in [0.15, 0.2) is 72.5 Å². The monoisotopic (exact) mass is 551 g/mol. The van der Waals surface area contributed by atoms with Gasteiger partial charge in [-0.3, -0.25) is 16.1 Å². The van der Waals surface area contributed by atoms with Gasteiger partial charge < -0.3 is 5.11 Å². The Morgan fingerprint density at radius 3 is 2.33 bits per heavy atom. The van der Waals surface area contributed by atoms with E-state index in [0.29, 0.717) is 0 Å². The van der Waals surface area contributed by atoms with E-state index in [1.807, 2.05) is 0 Å². The Kier molecular flexibility index (Phi) is 7.49. The predicted octanol–water partition coefficient (Wildman–Crippen LogP) is 6.36. The molecule has 0 saturated carbocycles. The average molecular weight is 551 g/mol. The fraction of sp³-hybridized carbons (Fsp3) is 0.0870. The number of thiophene rings is 1. The van der Waals surface area contributed by atoms with E-state index < -0.39 is 0 Å². The Morgan fingerprint density at radius 2 is 1.70 bits per heavy atom. The van der Waals surface area contributed by atoms with Gasteiger partial charge in [0, 0.05) is 26.2 Å².